The number of benzene rings is 1. The standard InChI is InChI=1S/C18H18N6O2/c1-12-7-17(25)18(26)16(23(12)2)10-20-9-14-11-24(22-21-14)15-6-4-3-5-13(15)8-19/h3-7,11,20,26H,9-10H2,1-2H3. The first-order chi connectivity index (χ1) is 12.5. The van der Waals surface area contributed by atoms with Gasteiger partial charge in [-0.2, -0.15) is 5.26 Å². The molecule has 3 aromatic rings. The van der Waals surface area contributed by atoms with Crippen LogP contribution in [0, 0.1) is 18.3 Å². The molecule has 8 heteroatoms. The molecule has 0 atom stereocenters. The zero-order chi connectivity index (χ0) is 18.7. The molecule has 2 N–H and O–H groups in total. The number of nitriles is 1. The fourth-order valence-electron chi connectivity index (χ4n) is 2.65. The third-order valence-corrected chi connectivity index (χ3v) is 4.19. The second-order valence-corrected chi connectivity index (χ2v) is 5.89. The highest BCUT2D eigenvalue weighted by Gasteiger charge is 2.11. The quantitative estimate of drug-likeness (QED) is 0.714. The van der Waals surface area contributed by atoms with Crippen LogP contribution in [-0.4, -0.2) is 24.7 Å². The second-order valence-electron chi connectivity index (χ2n) is 5.89. The Morgan fingerprint density at radius 1 is 1.31 bits per heavy atom. The molecule has 0 amide bonds. The Hall–Kier alpha value is -3.44. The molecule has 0 saturated heterocycles. The molecule has 8 nitrogen and oxygen atoms in total. The smallest absolute Gasteiger partial charge is 0.223 e. The normalized spacial score (nSPS) is 10.7. The summed E-state index contributed by atoms with van der Waals surface area (Å²) < 4.78 is 3.32. The number of nitrogens with zero attached hydrogens (tertiary/aromatic N) is 5. The fraction of sp³-hybridized carbons (Fsp3) is 0.222. The van der Waals surface area contributed by atoms with Gasteiger partial charge in [-0.25, -0.2) is 4.68 Å². The minimum Gasteiger partial charge on any atom is -0.503 e. The van der Waals surface area contributed by atoms with E-state index in [1.54, 1.807) is 40.7 Å². The summed E-state index contributed by atoms with van der Waals surface area (Å²) in [5, 5.41) is 30.4. The molecular formula is C18H18N6O2. The van der Waals surface area contributed by atoms with Crippen molar-refractivity contribution < 1.29 is 5.11 Å². The summed E-state index contributed by atoms with van der Waals surface area (Å²) in [6, 6.07) is 10.7. The van der Waals surface area contributed by atoms with Crippen LogP contribution in [0.1, 0.15) is 22.6 Å². The van der Waals surface area contributed by atoms with Crippen LogP contribution in [0.5, 0.6) is 5.75 Å². The minimum atomic E-state index is -0.392. The highest BCUT2D eigenvalue weighted by atomic mass is 16.3. The van der Waals surface area contributed by atoms with Crippen molar-refractivity contribution in [3.63, 3.8) is 0 Å². The number of nitrogens with one attached hydrogen (secondary N) is 1. The first-order valence-electron chi connectivity index (χ1n) is 8.01. The Labute approximate surface area is 149 Å². The maximum Gasteiger partial charge on any atom is 0.223 e. The molecule has 0 aliphatic rings. The maximum atomic E-state index is 11.7. The van der Waals surface area contributed by atoms with Gasteiger partial charge in [0.2, 0.25) is 5.43 Å². The number of aryl methyl sites for hydroxylation is 1. The molecule has 0 aliphatic carbocycles. The van der Waals surface area contributed by atoms with Gasteiger partial charge in [-0.3, -0.25) is 4.79 Å². The van der Waals surface area contributed by atoms with Crippen molar-refractivity contribution in [2.75, 3.05) is 0 Å². The van der Waals surface area contributed by atoms with Crippen molar-refractivity contribution in [2.24, 2.45) is 7.05 Å². The third-order valence-electron chi connectivity index (χ3n) is 4.19. The summed E-state index contributed by atoms with van der Waals surface area (Å²) in [5.74, 6) is -0.253. The predicted molar refractivity (Wildman–Crippen MR) is 94.7 cm³/mol. The van der Waals surface area contributed by atoms with Crippen LogP contribution >= 0.6 is 0 Å². The lowest BCUT2D eigenvalue weighted by molar-refractivity contribution is 0.445. The molecule has 0 unspecified atom stereocenters. The van der Waals surface area contributed by atoms with Gasteiger partial charge >= 0.3 is 0 Å². The zero-order valence-electron chi connectivity index (χ0n) is 14.5. The van der Waals surface area contributed by atoms with Gasteiger partial charge in [0.15, 0.2) is 5.75 Å². The number of hydrogen-bond donors (Lipinski definition) is 2. The molecule has 0 fully saturated rings. The summed E-state index contributed by atoms with van der Waals surface area (Å²) in [6.45, 7) is 2.51. The van der Waals surface area contributed by atoms with Crippen molar-refractivity contribution in [3.8, 4) is 17.5 Å². The lowest BCUT2D eigenvalue weighted by Crippen LogP contribution is -2.20. The van der Waals surface area contributed by atoms with Crippen molar-refractivity contribution in [2.45, 2.75) is 20.0 Å². The lowest BCUT2D eigenvalue weighted by atomic mass is 10.2. The number of para-hydroxylation sites is 1. The molecular weight excluding hydrogens is 332 g/mol. The molecule has 132 valence electrons. The SMILES string of the molecule is Cc1cc(=O)c(O)c(CNCc2cn(-c3ccccc3C#N)nn2)n1C. The molecule has 0 spiro atoms. The van der Waals surface area contributed by atoms with Crippen molar-refractivity contribution in [3.05, 3.63) is 69.4 Å². The van der Waals surface area contributed by atoms with E-state index in [4.69, 9.17) is 0 Å². The van der Waals surface area contributed by atoms with Crippen molar-refractivity contribution in [1.29, 1.82) is 5.26 Å². The van der Waals surface area contributed by atoms with Gasteiger partial charge in [0, 0.05) is 31.9 Å². The molecule has 0 radical (unpaired) electrons. The Morgan fingerprint density at radius 2 is 2.08 bits per heavy atom. The average Bonchev–Trinajstić information content (AvgIpc) is 3.11. The molecule has 2 heterocycles. The van der Waals surface area contributed by atoms with E-state index in [0.29, 0.717) is 35.7 Å². The van der Waals surface area contributed by atoms with E-state index in [-0.39, 0.29) is 5.75 Å². The first-order valence-corrected chi connectivity index (χ1v) is 8.01. The molecule has 26 heavy (non-hydrogen) atoms. The van der Waals surface area contributed by atoms with Crippen LogP contribution in [0.25, 0.3) is 5.69 Å². The summed E-state index contributed by atoms with van der Waals surface area (Å²) >= 11 is 0. The Bertz CT molecular complexity index is 1040. The topological polar surface area (TPSA) is 109 Å². The van der Waals surface area contributed by atoms with Gasteiger partial charge in [0.1, 0.15) is 6.07 Å². The van der Waals surface area contributed by atoms with Gasteiger partial charge in [0.05, 0.1) is 28.8 Å². The number of pyridine rings is 1. The first kappa shape index (κ1) is 17.4. The van der Waals surface area contributed by atoms with Crippen molar-refractivity contribution in [1.82, 2.24) is 24.9 Å². The van der Waals surface area contributed by atoms with Crippen LogP contribution in [-0.2, 0) is 20.1 Å². The molecule has 1 aromatic carbocycles. The van der Waals surface area contributed by atoms with Crippen LogP contribution < -0.4 is 10.7 Å². The monoisotopic (exact) mass is 350 g/mol. The van der Waals surface area contributed by atoms with E-state index < -0.39 is 5.43 Å². The number of aromatic hydroxyl groups is 1. The van der Waals surface area contributed by atoms with E-state index in [1.165, 1.54) is 6.07 Å². The summed E-state index contributed by atoms with van der Waals surface area (Å²) in [5.41, 5.74) is 2.73. The highest BCUT2D eigenvalue weighted by molar-refractivity contribution is 5.47. The zero-order valence-corrected chi connectivity index (χ0v) is 14.5. The lowest BCUT2D eigenvalue weighted by Gasteiger charge is -2.13. The highest BCUT2D eigenvalue weighted by Crippen LogP contribution is 2.14. The van der Waals surface area contributed by atoms with Gasteiger partial charge in [-0.15, -0.1) is 5.10 Å². The van der Waals surface area contributed by atoms with Crippen LogP contribution in [0.15, 0.2) is 41.3 Å². The predicted octanol–water partition coefficient (Wildman–Crippen LogP) is 1.14. The third kappa shape index (κ3) is 3.34. The largest absolute Gasteiger partial charge is 0.503 e. The van der Waals surface area contributed by atoms with Gasteiger partial charge in [0.25, 0.3) is 0 Å². The second kappa shape index (κ2) is 7.21. The Kier molecular flexibility index (Phi) is 4.82. The average molecular weight is 350 g/mol. The number of rotatable bonds is 5. The van der Waals surface area contributed by atoms with Gasteiger partial charge in [-0.1, -0.05) is 17.3 Å². The van der Waals surface area contributed by atoms with E-state index in [0.717, 1.165) is 5.69 Å². The molecule has 3 rings (SSSR count). The van der Waals surface area contributed by atoms with E-state index in [2.05, 4.69) is 21.7 Å². The van der Waals surface area contributed by atoms with Gasteiger partial charge < -0.3 is 15.0 Å². The van der Waals surface area contributed by atoms with Crippen molar-refractivity contribution >= 4 is 0 Å². The Balaban J connectivity index is 1.72. The molecule has 0 aliphatic heterocycles. The van der Waals surface area contributed by atoms with E-state index in [1.807, 2.05) is 13.0 Å². The summed E-state index contributed by atoms with van der Waals surface area (Å²) in [7, 11) is 1.79. The molecule has 0 saturated carbocycles. The summed E-state index contributed by atoms with van der Waals surface area (Å²) in [6.07, 6.45) is 1.73. The van der Waals surface area contributed by atoms with Crippen LogP contribution in [0.4, 0.5) is 0 Å². The minimum absolute atomic E-state index is 0.253. The molecule has 2 aromatic heterocycles. The van der Waals surface area contributed by atoms with E-state index in [9.17, 15) is 15.2 Å². The van der Waals surface area contributed by atoms with Crippen LogP contribution in [0.2, 0.25) is 0 Å². The number of aromatic nitrogens is 4. The van der Waals surface area contributed by atoms with Crippen LogP contribution in [0.3, 0.4) is 0 Å². The molecule has 0 bridgehead atoms. The van der Waals surface area contributed by atoms with E-state index >= 15 is 0 Å². The van der Waals surface area contributed by atoms with Gasteiger partial charge in [-0.05, 0) is 19.1 Å². The number of hydrogen-bond acceptors (Lipinski definition) is 6. The fourth-order valence-corrected chi connectivity index (χ4v) is 2.65. The maximum absolute atomic E-state index is 11.7. The summed E-state index contributed by atoms with van der Waals surface area (Å²) in [4.78, 5) is 11.7. The Morgan fingerprint density at radius 3 is 2.85 bits per heavy atom.